The second-order valence-electron chi connectivity index (χ2n) is 6.77. The van der Waals surface area contributed by atoms with Gasteiger partial charge >= 0.3 is 5.97 Å². The summed E-state index contributed by atoms with van der Waals surface area (Å²) < 4.78 is 39.2. The monoisotopic (exact) mass is 409 g/mol. The summed E-state index contributed by atoms with van der Waals surface area (Å²) >= 11 is 0. The van der Waals surface area contributed by atoms with Crippen molar-refractivity contribution in [3.8, 4) is 0 Å². The van der Waals surface area contributed by atoms with Crippen molar-refractivity contribution in [3.63, 3.8) is 0 Å². The number of carbonyl (C=O) groups excluding carboxylic acids is 2. The second-order valence-corrected chi connectivity index (χ2v) is 8.99. The minimum atomic E-state index is -3.15. The van der Waals surface area contributed by atoms with Gasteiger partial charge in [-0.1, -0.05) is 18.2 Å². The summed E-state index contributed by atoms with van der Waals surface area (Å²) in [6.45, 7) is 1.75. The molecule has 1 saturated heterocycles. The maximum atomic E-state index is 12.6. The van der Waals surface area contributed by atoms with Crippen LogP contribution in [-0.2, 0) is 24.1 Å². The van der Waals surface area contributed by atoms with Crippen molar-refractivity contribution in [2.24, 2.45) is 0 Å². The third kappa shape index (κ3) is 4.36. The summed E-state index contributed by atoms with van der Waals surface area (Å²) in [5.41, 5.74) is 1.21. The third-order valence-corrected chi connectivity index (χ3v) is 6.61. The molecule has 152 valence electrons. The van der Waals surface area contributed by atoms with E-state index in [1.54, 1.807) is 19.1 Å². The van der Waals surface area contributed by atoms with Crippen molar-refractivity contribution in [3.05, 3.63) is 35.6 Å². The van der Waals surface area contributed by atoms with Gasteiger partial charge in [-0.15, -0.1) is 0 Å². The highest BCUT2D eigenvalue weighted by Crippen LogP contribution is 2.25. The van der Waals surface area contributed by atoms with Crippen LogP contribution in [0.1, 0.15) is 22.5 Å². The molecule has 2 aromatic rings. The molecule has 0 spiro atoms. The van der Waals surface area contributed by atoms with Gasteiger partial charge < -0.3 is 18.8 Å². The molecule has 9 heteroatoms. The Morgan fingerprint density at radius 3 is 2.68 bits per heavy atom. The lowest BCUT2D eigenvalue weighted by atomic mass is 10.1. The van der Waals surface area contributed by atoms with Gasteiger partial charge in [0.2, 0.25) is 5.76 Å². The van der Waals surface area contributed by atoms with Crippen LogP contribution < -0.4 is 0 Å². The van der Waals surface area contributed by atoms with Crippen molar-refractivity contribution in [1.82, 2.24) is 4.90 Å². The highest BCUT2D eigenvalue weighted by Gasteiger charge is 2.35. The fourth-order valence-corrected chi connectivity index (χ4v) is 5.10. The van der Waals surface area contributed by atoms with E-state index < -0.39 is 34.4 Å². The number of rotatable bonds is 7. The van der Waals surface area contributed by atoms with Crippen LogP contribution >= 0.6 is 0 Å². The first-order chi connectivity index (χ1) is 13.3. The van der Waals surface area contributed by atoms with Gasteiger partial charge in [0.1, 0.15) is 5.58 Å². The SMILES string of the molecule is COCCN(C(=O)COC(=O)c1oc2ccccc2c1C)[C@@H]1CCS(=O)(=O)C1. The number of aryl methyl sites for hydroxylation is 1. The first kappa shape index (κ1) is 20.3. The van der Waals surface area contributed by atoms with Crippen molar-refractivity contribution in [2.45, 2.75) is 19.4 Å². The topological polar surface area (TPSA) is 103 Å². The first-order valence-electron chi connectivity index (χ1n) is 8.96. The fourth-order valence-electron chi connectivity index (χ4n) is 3.37. The van der Waals surface area contributed by atoms with Crippen LogP contribution in [-0.4, -0.2) is 69.6 Å². The summed E-state index contributed by atoms with van der Waals surface area (Å²) in [7, 11) is -1.65. The minimum absolute atomic E-state index is 0.0480. The highest BCUT2D eigenvalue weighted by molar-refractivity contribution is 7.91. The zero-order valence-corrected chi connectivity index (χ0v) is 16.7. The number of fused-ring (bicyclic) bond motifs is 1. The van der Waals surface area contributed by atoms with Crippen LogP contribution in [0.3, 0.4) is 0 Å². The molecule has 1 atom stereocenters. The predicted molar refractivity (Wildman–Crippen MR) is 102 cm³/mol. The van der Waals surface area contributed by atoms with Gasteiger partial charge in [0, 0.05) is 30.6 Å². The molecule has 1 aromatic carbocycles. The highest BCUT2D eigenvalue weighted by atomic mass is 32.2. The number of ether oxygens (including phenoxy) is 2. The summed E-state index contributed by atoms with van der Waals surface area (Å²) in [5, 5.41) is 0.804. The molecule has 1 amide bonds. The third-order valence-electron chi connectivity index (χ3n) is 4.86. The van der Waals surface area contributed by atoms with Gasteiger partial charge in [0.25, 0.3) is 5.91 Å². The van der Waals surface area contributed by atoms with Gasteiger partial charge in [0.05, 0.1) is 18.1 Å². The number of esters is 1. The molecule has 3 rings (SSSR count). The number of amides is 1. The van der Waals surface area contributed by atoms with E-state index in [9.17, 15) is 18.0 Å². The molecule has 0 aliphatic carbocycles. The molecule has 1 aromatic heterocycles. The van der Waals surface area contributed by atoms with Crippen LogP contribution in [0, 0.1) is 6.92 Å². The van der Waals surface area contributed by atoms with Crippen LogP contribution in [0.2, 0.25) is 0 Å². The molecular formula is C19H23NO7S. The van der Waals surface area contributed by atoms with Crippen molar-refractivity contribution in [1.29, 1.82) is 0 Å². The summed E-state index contributed by atoms with van der Waals surface area (Å²) in [6.07, 6.45) is 0.369. The second kappa shape index (κ2) is 8.32. The van der Waals surface area contributed by atoms with Crippen molar-refractivity contribution < 1.29 is 31.9 Å². The van der Waals surface area contributed by atoms with Crippen LogP contribution in [0.5, 0.6) is 0 Å². The minimum Gasteiger partial charge on any atom is -0.450 e. The fraction of sp³-hybridized carbons (Fsp3) is 0.474. The van der Waals surface area contributed by atoms with E-state index in [0.717, 1.165) is 5.39 Å². The Morgan fingerprint density at radius 1 is 1.29 bits per heavy atom. The Balaban J connectivity index is 1.67. The zero-order chi connectivity index (χ0) is 20.3. The molecule has 0 bridgehead atoms. The predicted octanol–water partition coefficient (Wildman–Crippen LogP) is 1.56. The number of para-hydroxylation sites is 1. The van der Waals surface area contributed by atoms with E-state index in [-0.39, 0.29) is 30.4 Å². The largest absolute Gasteiger partial charge is 0.450 e. The Bertz CT molecular complexity index is 979. The van der Waals surface area contributed by atoms with Gasteiger partial charge in [0.15, 0.2) is 16.4 Å². The Labute approximate surface area is 163 Å². The maximum absolute atomic E-state index is 12.6. The molecular weight excluding hydrogens is 386 g/mol. The molecule has 0 N–H and O–H groups in total. The van der Waals surface area contributed by atoms with Gasteiger partial charge in [-0.3, -0.25) is 4.79 Å². The van der Waals surface area contributed by atoms with Crippen LogP contribution in [0.4, 0.5) is 0 Å². The van der Waals surface area contributed by atoms with Gasteiger partial charge in [-0.2, -0.15) is 0 Å². The number of benzene rings is 1. The molecule has 1 fully saturated rings. The van der Waals surface area contributed by atoms with E-state index in [2.05, 4.69) is 0 Å². The molecule has 1 aliphatic rings. The van der Waals surface area contributed by atoms with E-state index in [1.165, 1.54) is 12.0 Å². The normalized spacial score (nSPS) is 18.3. The van der Waals surface area contributed by atoms with Gasteiger partial charge in [-0.05, 0) is 19.4 Å². The average molecular weight is 409 g/mol. The lowest BCUT2D eigenvalue weighted by Gasteiger charge is -2.27. The quantitative estimate of drug-likeness (QED) is 0.639. The number of hydrogen-bond donors (Lipinski definition) is 0. The lowest BCUT2D eigenvalue weighted by molar-refractivity contribution is -0.137. The molecule has 28 heavy (non-hydrogen) atoms. The number of furan rings is 1. The Hall–Kier alpha value is -2.39. The summed E-state index contributed by atoms with van der Waals surface area (Å²) in [4.78, 5) is 26.4. The Morgan fingerprint density at radius 2 is 2.04 bits per heavy atom. The number of carbonyl (C=O) groups is 2. The van der Waals surface area contributed by atoms with E-state index >= 15 is 0 Å². The summed E-state index contributed by atoms with van der Waals surface area (Å²) in [5.74, 6) is -1.17. The van der Waals surface area contributed by atoms with E-state index in [1.807, 2.05) is 12.1 Å². The number of hydrogen-bond acceptors (Lipinski definition) is 7. The molecule has 0 unspecified atom stereocenters. The van der Waals surface area contributed by atoms with Crippen molar-refractivity contribution >= 4 is 32.7 Å². The van der Waals surface area contributed by atoms with Gasteiger partial charge in [-0.25, -0.2) is 13.2 Å². The van der Waals surface area contributed by atoms with E-state index in [0.29, 0.717) is 17.6 Å². The van der Waals surface area contributed by atoms with Crippen molar-refractivity contribution in [2.75, 3.05) is 38.4 Å². The standard InChI is InChI=1S/C19H23NO7S/c1-13-15-5-3-4-6-16(15)27-18(13)19(22)26-11-17(21)20(8-9-25-2)14-7-10-28(23,24)12-14/h3-6,14H,7-12H2,1-2H3/t14-/m1/s1. The molecule has 8 nitrogen and oxygen atoms in total. The molecule has 0 saturated carbocycles. The van der Waals surface area contributed by atoms with Crippen LogP contribution in [0.15, 0.2) is 28.7 Å². The summed E-state index contributed by atoms with van der Waals surface area (Å²) in [6, 6.07) is 6.79. The maximum Gasteiger partial charge on any atom is 0.375 e. The molecule has 0 radical (unpaired) electrons. The first-order valence-corrected chi connectivity index (χ1v) is 10.8. The van der Waals surface area contributed by atoms with Crippen LogP contribution in [0.25, 0.3) is 11.0 Å². The molecule has 2 heterocycles. The average Bonchev–Trinajstić information content (AvgIpc) is 3.20. The number of nitrogens with zero attached hydrogens (tertiary/aromatic N) is 1. The number of methoxy groups -OCH3 is 1. The smallest absolute Gasteiger partial charge is 0.375 e. The molecule has 1 aliphatic heterocycles. The van der Waals surface area contributed by atoms with E-state index in [4.69, 9.17) is 13.9 Å². The Kier molecular flexibility index (Phi) is 6.04. The number of sulfone groups is 1. The lowest BCUT2D eigenvalue weighted by Crippen LogP contribution is -2.45. The zero-order valence-electron chi connectivity index (χ0n) is 15.8.